The van der Waals surface area contributed by atoms with Crippen molar-refractivity contribution in [2.45, 2.75) is 6.42 Å². The summed E-state index contributed by atoms with van der Waals surface area (Å²) in [6, 6.07) is 3.62. The van der Waals surface area contributed by atoms with Crippen molar-refractivity contribution in [2.75, 3.05) is 19.3 Å². The third-order valence-corrected chi connectivity index (χ3v) is 2.41. The number of carbonyl (C=O) groups excluding carboxylic acids is 2. The van der Waals surface area contributed by atoms with Crippen molar-refractivity contribution in [3.63, 3.8) is 0 Å². The van der Waals surface area contributed by atoms with Crippen LogP contribution in [0.15, 0.2) is 18.2 Å². The number of nitrogens with zero attached hydrogens (tertiary/aromatic N) is 1. The van der Waals surface area contributed by atoms with Crippen molar-refractivity contribution in [3.05, 3.63) is 33.9 Å². The van der Waals surface area contributed by atoms with Crippen LogP contribution in [0.3, 0.4) is 0 Å². The van der Waals surface area contributed by atoms with Crippen LogP contribution >= 0.6 is 0 Å². The molecular weight excluding hydrogens is 252 g/mol. The summed E-state index contributed by atoms with van der Waals surface area (Å²) in [6.45, 7) is 0.126. The lowest BCUT2D eigenvalue weighted by Gasteiger charge is -2.07. The molecule has 0 aliphatic rings. The van der Waals surface area contributed by atoms with E-state index in [9.17, 15) is 19.7 Å². The minimum atomic E-state index is -0.610. The molecule has 0 fully saturated rings. The molecule has 0 saturated heterocycles. The fourth-order valence-electron chi connectivity index (χ4n) is 1.36. The number of nitro groups is 1. The van der Waals surface area contributed by atoms with Gasteiger partial charge in [-0.2, -0.15) is 0 Å². The molecule has 0 aliphatic heterocycles. The molecule has 0 spiro atoms. The van der Waals surface area contributed by atoms with Crippen molar-refractivity contribution in [2.24, 2.45) is 0 Å². The van der Waals surface area contributed by atoms with Gasteiger partial charge in [-0.05, 0) is 6.07 Å². The van der Waals surface area contributed by atoms with Crippen molar-refractivity contribution >= 4 is 23.2 Å². The molecule has 4 N–H and O–H groups in total. The number of rotatable bonds is 5. The molecule has 0 saturated carbocycles. The topological polar surface area (TPSA) is 127 Å². The summed E-state index contributed by atoms with van der Waals surface area (Å²) >= 11 is 0. The van der Waals surface area contributed by atoms with Gasteiger partial charge < -0.3 is 16.4 Å². The maximum atomic E-state index is 11.8. The predicted octanol–water partition coefficient (Wildman–Crippen LogP) is 0.0429. The number of nitrogens with one attached hydrogen (secondary N) is 2. The van der Waals surface area contributed by atoms with E-state index in [1.807, 2.05) is 0 Å². The van der Waals surface area contributed by atoms with Crippen LogP contribution in [0.4, 0.5) is 11.4 Å². The van der Waals surface area contributed by atoms with Crippen LogP contribution in [0, 0.1) is 10.1 Å². The third-order valence-electron chi connectivity index (χ3n) is 2.41. The number of hydrogen-bond donors (Lipinski definition) is 3. The number of amides is 2. The lowest BCUT2D eigenvalue weighted by atomic mass is 10.1. The maximum Gasteiger partial charge on any atom is 0.270 e. The molecule has 0 atom stereocenters. The van der Waals surface area contributed by atoms with Gasteiger partial charge in [0, 0.05) is 37.8 Å². The van der Waals surface area contributed by atoms with Gasteiger partial charge in [-0.15, -0.1) is 0 Å². The van der Waals surface area contributed by atoms with Crippen LogP contribution in [0.1, 0.15) is 16.8 Å². The Labute approximate surface area is 109 Å². The van der Waals surface area contributed by atoms with E-state index in [0.29, 0.717) is 0 Å². The molecule has 0 aromatic heterocycles. The molecule has 102 valence electrons. The smallest absolute Gasteiger partial charge is 0.270 e. The average molecular weight is 266 g/mol. The van der Waals surface area contributed by atoms with Crippen LogP contribution in [-0.4, -0.2) is 30.3 Å². The molecule has 19 heavy (non-hydrogen) atoms. The molecule has 0 radical (unpaired) electrons. The highest BCUT2D eigenvalue weighted by molar-refractivity contribution is 5.99. The zero-order chi connectivity index (χ0) is 14.4. The van der Waals surface area contributed by atoms with E-state index in [0.717, 1.165) is 6.07 Å². The number of carbonyl (C=O) groups is 2. The Bertz CT molecular complexity index is 515. The van der Waals surface area contributed by atoms with Crippen LogP contribution in [0.25, 0.3) is 0 Å². The number of nitrogen functional groups attached to an aromatic ring is 1. The van der Waals surface area contributed by atoms with Gasteiger partial charge in [-0.3, -0.25) is 19.7 Å². The summed E-state index contributed by atoms with van der Waals surface area (Å²) < 4.78 is 0. The lowest BCUT2D eigenvalue weighted by Crippen LogP contribution is -2.29. The van der Waals surface area contributed by atoms with Crippen LogP contribution in [-0.2, 0) is 4.79 Å². The summed E-state index contributed by atoms with van der Waals surface area (Å²) in [7, 11) is 1.49. The molecule has 0 bridgehead atoms. The molecule has 1 aromatic carbocycles. The van der Waals surface area contributed by atoms with Crippen LogP contribution in [0.2, 0.25) is 0 Å². The molecule has 0 heterocycles. The predicted molar refractivity (Wildman–Crippen MR) is 68.5 cm³/mol. The molecular formula is C11H14N4O4. The Balaban J connectivity index is 2.73. The second kappa shape index (κ2) is 6.34. The minimum absolute atomic E-state index is 0.0195. The van der Waals surface area contributed by atoms with E-state index in [4.69, 9.17) is 5.73 Å². The van der Waals surface area contributed by atoms with Gasteiger partial charge in [0.15, 0.2) is 0 Å². The van der Waals surface area contributed by atoms with E-state index in [1.165, 1.54) is 19.2 Å². The van der Waals surface area contributed by atoms with E-state index in [-0.39, 0.29) is 35.8 Å². The Kier molecular flexibility index (Phi) is 4.81. The van der Waals surface area contributed by atoms with Gasteiger partial charge >= 0.3 is 0 Å². The largest absolute Gasteiger partial charge is 0.398 e. The first-order chi connectivity index (χ1) is 8.95. The number of benzene rings is 1. The summed E-state index contributed by atoms with van der Waals surface area (Å²) in [4.78, 5) is 32.7. The summed E-state index contributed by atoms with van der Waals surface area (Å²) in [5.41, 5.74) is 5.53. The summed E-state index contributed by atoms with van der Waals surface area (Å²) in [5, 5.41) is 15.5. The van der Waals surface area contributed by atoms with Crippen LogP contribution < -0.4 is 16.4 Å². The highest BCUT2D eigenvalue weighted by Crippen LogP contribution is 2.19. The summed E-state index contributed by atoms with van der Waals surface area (Å²) in [5.74, 6) is -0.766. The Morgan fingerprint density at radius 3 is 2.68 bits per heavy atom. The quantitative estimate of drug-likeness (QED) is 0.394. The van der Waals surface area contributed by atoms with Gasteiger partial charge in [0.1, 0.15) is 0 Å². The minimum Gasteiger partial charge on any atom is -0.398 e. The van der Waals surface area contributed by atoms with Gasteiger partial charge in [0.2, 0.25) is 5.91 Å². The van der Waals surface area contributed by atoms with Crippen molar-refractivity contribution in [1.82, 2.24) is 10.6 Å². The number of nitrogens with two attached hydrogens (primary N) is 1. The Morgan fingerprint density at radius 1 is 1.42 bits per heavy atom. The molecule has 8 heteroatoms. The molecule has 2 amide bonds. The standard InChI is InChI=1S/C11H14N4O4/c1-13-10(16)4-5-14-11(17)8-6-7(15(18)19)2-3-9(8)12/h2-3,6H,4-5,12H2,1H3,(H,13,16)(H,14,17). The highest BCUT2D eigenvalue weighted by atomic mass is 16.6. The van der Waals surface area contributed by atoms with Crippen LogP contribution in [0.5, 0.6) is 0 Å². The first kappa shape index (κ1) is 14.4. The second-order valence-electron chi connectivity index (χ2n) is 3.71. The maximum absolute atomic E-state index is 11.8. The second-order valence-corrected chi connectivity index (χ2v) is 3.71. The number of anilines is 1. The molecule has 0 aliphatic carbocycles. The van der Waals surface area contributed by atoms with Gasteiger partial charge in [-0.25, -0.2) is 0 Å². The number of hydrogen-bond acceptors (Lipinski definition) is 5. The zero-order valence-electron chi connectivity index (χ0n) is 10.3. The zero-order valence-corrected chi connectivity index (χ0v) is 10.3. The fourth-order valence-corrected chi connectivity index (χ4v) is 1.36. The first-order valence-electron chi connectivity index (χ1n) is 5.48. The molecule has 8 nitrogen and oxygen atoms in total. The SMILES string of the molecule is CNC(=O)CCNC(=O)c1cc([N+](=O)[O-])ccc1N. The van der Waals surface area contributed by atoms with Gasteiger partial charge in [0.05, 0.1) is 10.5 Å². The van der Waals surface area contributed by atoms with Crippen molar-refractivity contribution in [1.29, 1.82) is 0 Å². The van der Waals surface area contributed by atoms with E-state index >= 15 is 0 Å². The number of non-ortho nitro benzene ring substituents is 1. The first-order valence-corrected chi connectivity index (χ1v) is 5.48. The van der Waals surface area contributed by atoms with Crippen molar-refractivity contribution in [3.8, 4) is 0 Å². The fraction of sp³-hybridized carbons (Fsp3) is 0.273. The van der Waals surface area contributed by atoms with Crippen molar-refractivity contribution < 1.29 is 14.5 Å². The normalized spacial score (nSPS) is 9.74. The number of nitro benzene ring substituents is 1. The molecule has 1 aromatic rings. The molecule has 0 unspecified atom stereocenters. The average Bonchev–Trinajstić information content (AvgIpc) is 2.38. The summed E-state index contributed by atoms with van der Waals surface area (Å²) in [6.07, 6.45) is 0.122. The van der Waals surface area contributed by atoms with E-state index < -0.39 is 10.8 Å². The third kappa shape index (κ3) is 3.95. The molecule has 1 rings (SSSR count). The monoisotopic (exact) mass is 266 g/mol. The van der Waals surface area contributed by atoms with E-state index in [2.05, 4.69) is 10.6 Å². The van der Waals surface area contributed by atoms with Gasteiger partial charge in [-0.1, -0.05) is 0 Å². The highest BCUT2D eigenvalue weighted by Gasteiger charge is 2.15. The Morgan fingerprint density at radius 2 is 2.11 bits per heavy atom. The van der Waals surface area contributed by atoms with E-state index in [1.54, 1.807) is 0 Å². The lowest BCUT2D eigenvalue weighted by molar-refractivity contribution is -0.384. The van der Waals surface area contributed by atoms with Gasteiger partial charge in [0.25, 0.3) is 11.6 Å². The Hall–Kier alpha value is -2.64.